The zero-order valence-corrected chi connectivity index (χ0v) is 7.96. The van der Waals surface area contributed by atoms with Crippen LogP contribution in [0.4, 0.5) is 0 Å². The molecule has 0 saturated carbocycles. The molecule has 5 nitrogen and oxygen atoms in total. The van der Waals surface area contributed by atoms with Crippen molar-refractivity contribution in [1.29, 1.82) is 0 Å². The van der Waals surface area contributed by atoms with Gasteiger partial charge in [-0.15, -0.1) is 0 Å². The number of hydrogen-bond acceptors (Lipinski definition) is 3. The molecule has 1 aliphatic heterocycles. The molecule has 0 unspecified atom stereocenters. The Balaban J connectivity index is 2.16. The van der Waals surface area contributed by atoms with Crippen molar-refractivity contribution in [2.45, 2.75) is 12.5 Å². The molecule has 1 atom stereocenters. The number of hydrogen-bond donors (Lipinski definition) is 0. The van der Waals surface area contributed by atoms with Crippen LogP contribution in [-0.4, -0.2) is 18.9 Å². The number of ether oxygens (including phenoxy) is 1. The van der Waals surface area contributed by atoms with E-state index in [2.05, 4.69) is 10.0 Å². The Kier molecular flexibility index (Phi) is 2.56. The largest absolute Gasteiger partial charge is 0.490 e. The zero-order valence-electron chi connectivity index (χ0n) is 7.96. The van der Waals surface area contributed by atoms with Gasteiger partial charge in [0.1, 0.15) is 18.1 Å². The molecule has 0 bridgehead atoms. The summed E-state index contributed by atoms with van der Waals surface area (Å²) >= 11 is 0. The Hall–Kier alpha value is -2.00. The van der Waals surface area contributed by atoms with Crippen LogP contribution in [-0.2, 0) is 6.42 Å². The van der Waals surface area contributed by atoms with Gasteiger partial charge in [0.2, 0.25) is 0 Å². The SMILES string of the molecule is [N-]=[N+]=NC[C@@H]1Cc2cc(C=O)ccc2O1. The Morgan fingerprint density at radius 2 is 2.53 bits per heavy atom. The average molecular weight is 203 g/mol. The molecule has 0 aromatic heterocycles. The van der Waals surface area contributed by atoms with Gasteiger partial charge in [0.05, 0.1) is 6.54 Å². The van der Waals surface area contributed by atoms with Crippen molar-refractivity contribution in [2.75, 3.05) is 6.54 Å². The van der Waals surface area contributed by atoms with E-state index in [4.69, 9.17) is 10.3 Å². The number of fused-ring (bicyclic) bond motifs is 1. The first kappa shape index (κ1) is 9.55. The molecule has 0 radical (unpaired) electrons. The van der Waals surface area contributed by atoms with E-state index in [0.29, 0.717) is 18.5 Å². The van der Waals surface area contributed by atoms with E-state index in [0.717, 1.165) is 17.6 Å². The van der Waals surface area contributed by atoms with Crippen molar-refractivity contribution in [3.63, 3.8) is 0 Å². The lowest BCUT2D eigenvalue weighted by Crippen LogP contribution is -2.16. The van der Waals surface area contributed by atoms with Crippen LogP contribution in [0.1, 0.15) is 15.9 Å². The van der Waals surface area contributed by atoms with Crippen LogP contribution in [0.5, 0.6) is 5.75 Å². The number of carbonyl (C=O) groups excluding carboxylic acids is 1. The van der Waals surface area contributed by atoms with E-state index >= 15 is 0 Å². The molecule has 1 heterocycles. The van der Waals surface area contributed by atoms with Crippen LogP contribution in [0, 0.1) is 0 Å². The fourth-order valence-corrected chi connectivity index (χ4v) is 1.64. The summed E-state index contributed by atoms with van der Waals surface area (Å²) in [6.07, 6.45) is 1.40. The molecule has 0 fully saturated rings. The van der Waals surface area contributed by atoms with Crippen LogP contribution in [0.15, 0.2) is 23.3 Å². The van der Waals surface area contributed by atoms with E-state index in [9.17, 15) is 4.79 Å². The summed E-state index contributed by atoms with van der Waals surface area (Å²) < 4.78 is 5.53. The molecule has 1 aromatic carbocycles. The van der Waals surface area contributed by atoms with Crippen LogP contribution in [0.25, 0.3) is 10.4 Å². The lowest BCUT2D eigenvalue weighted by molar-refractivity contribution is 0.112. The lowest BCUT2D eigenvalue weighted by Gasteiger charge is -2.05. The average Bonchev–Trinajstić information content (AvgIpc) is 2.67. The topological polar surface area (TPSA) is 75.1 Å². The Labute approximate surface area is 86.3 Å². The summed E-state index contributed by atoms with van der Waals surface area (Å²) in [5.41, 5.74) is 9.82. The minimum Gasteiger partial charge on any atom is -0.490 e. The van der Waals surface area contributed by atoms with Gasteiger partial charge in [-0.25, -0.2) is 0 Å². The van der Waals surface area contributed by atoms with Crippen molar-refractivity contribution in [3.8, 4) is 5.75 Å². The molecular formula is C10H9N3O2. The summed E-state index contributed by atoms with van der Waals surface area (Å²) in [4.78, 5) is 13.2. The molecule has 76 valence electrons. The van der Waals surface area contributed by atoms with Crippen molar-refractivity contribution < 1.29 is 9.53 Å². The number of aldehydes is 1. The van der Waals surface area contributed by atoms with Crippen LogP contribution >= 0.6 is 0 Å². The van der Waals surface area contributed by atoms with E-state index in [1.165, 1.54) is 0 Å². The molecule has 15 heavy (non-hydrogen) atoms. The highest BCUT2D eigenvalue weighted by Crippen LogP contribution is 2.29. The highest BCUT2D eigenvalue weighted by Gasteiger charge is 2.22. The summed E-state index contributed by atoms with van der Waals surface area (Å²) in [7, 11) is 0. The standard InChI is InChI=1S/C10H9N3O2/c11-13-12-5-9-4-8-3-7(6-14)1-2-10(8)15-9/h1-3,6,9H,4-5H2/t9-/m0/s1. The van der Waals surface area contributed by atoms with Gasteiger partial charge in [-0.3, -0.25) is 4.79 Å². The maximum atomic E-state index is 10.6. The molecule has 1 aliphatic rings. The van der Waals surface area contributed by atoms with E-state index in [1.807, 2.05) is 0 Å². The summed E-state index contributed by atoms with van der Waals surface area (Å²) in [6, 6.07) is 5.29. The Morgan fingerprint density at radius 1 is 1.67 bits per heavy atom. The predicted molar refractivity (Wildman–Crippen MR) is 54.0 cm³/mol. The van der Waals surface area contributed by atoms with Crippen molar-refractivity contribution in [2.24, 2.45) is 5.11 Å². The number of carbonyl (C=O) groups is 1. The monoisotopic (exact) mass is 203 g/mol. The normalized spacial score (nSPS) is 17.5. The van der Waals surface area contributed by atoms with Crippen LogP contribution in [0.3, 0.4) is 0 Å². The van der Waals surface area contributed by atoms with Gasteiger partial charge in [-0.1, -0.05) is 5.11 Å². The van der Waals surface area contributed by atoms with E-state index in [-0.39, 0.29) is 6.10 Å². The quantitative estimate of drug-likeness (QED) is 0.326. The van der Waals surface area contributed by atoms with Gasteiger partial charge in [0, 0.05) is 16.9 Å². The minimum absolute atomic E-state index is 0.0993. The van der Waals surface area contributed by atoms with Gasteiger partial charge in [-0.05, 0) is 29.3 Å². The minimum atomic E-state index is -0.0993. The van der Waals surface area contributed by atoms with Gasteiger partial charge in [0.25, 0.3) is 0 Å². The van der Waals surface area contributed by atoms with Crippen molar-refractivity contribution in [1.82, 2.24) is 0 Å². The molecule has 1 aromatic rings. The summed E-state index contributed by atoms with van der Waals surface area (Å²) in [5, 5.41) is 3.47. The Morgan fingerprint density at radius 3 is 3.27 bits per heavy atom. The maximum absolute atomic E-state index is 10.6. The maximum Gasteiger partial charge on any atom is 0.150 e. The van der Waals surface area contributed by atoms with Crippen molar-refractivity contribution in [3.05, 3.63) is 39.8 Å². The third-order valence-electron chi connectivity index (χ3n) is 2.31. The highest BCUT2D eigenvalue weighted by atomic mass is 16.5. The zero-order chi connectivity index (χ0) is 10.7. The fraction of sp³-hybridized carbons (Fsp3) is 0.300. The molecular weight excluding hydrogens is 194 g/mol. The molecule has 0 saturated heterocycles. The second-order valence-electron chi connectivity index (χ2n) is 3.34. The molecule has 0 aliphatic carbocycles. The second kappa shape index (κ2) is 4.02. The number of azide groups is 1. The lowest BCUT2D eigenvalue weighted by atomic mass is 10.1. The number of benzene rings is 1. The molecule has 0 N–H and O–H groups in total. The predicted octanol–water partition coefficient (Wildman–Crippen LogP) is 2.11. The first-order valence-electron chi connectivity index (χ1n) is 4.59. The summed E-state index contributed by atoms with van der Waals surface area (Å²) in [6.45, 7) is 0.321. The smallest absolute Gasteiger partial charge is 0.150 e. The third kappa shape index (κ3) is 1.92. The second-order valence-corrected chi connectivity index (χ2v) is 3.34. The highest BCUT2D eigenvalue weighted by molar-refractivity contribution is 5.75. The van der Waals surface area contributed by atoms with E-state index < -0.39 is 0 Å². The van der Waals surface area contributed by atoms with Gasteiger partial charge < -0.3 is 4.74 Å². The molecule has 2 rings (SSSR count). The van der Waals surface area contributed by atoms with Crippen molar-refractivity contribution >= 4 is 6.29 Å². The van der Waals surface area contributed by atoms with Gasteiger partial charge in [-0.2, -0.15) is 0 Å². The third-order valence-corrected chi connectivity index (χ3v) is 2.31. The molecule has 0 spiro atoms. The Bertz CT molecular complexity index is 438. The number of rotatable bonds is 3. The molecule has 0 amide bonds. The number of nitrogens with zero attached hydrogens (tertiary/aromatic N) is 3. The summed E-state index contributed by atoms with van der Waals surface area (Å²) in [5.74, 6) is 0.777. The first-order chi connectivity index (χ1) is 7.33. The first-order valence-corrected chi connectivity index (χ1v) is 4.59. The molecule has 5 heteroatoms. The van der Waals surface area contributed by atoms with E-state index in [1.54, 1.807) is 18.2 Å². The van der Waals surface area contributed by atoms with Crippen LogP contribution < -0.4 is 4.74 Å². The fourth-order valence-electron chi connectivity index (χ4n) is 1.64. The van der Waals surface area contributed by atoms with Gasteiger partial charge >= 0.3 is 0 Å². The van der Waals surface area contributed by atoms with Crippen LogP contribution in [0.2, 0.25) is 0 Å². The van der Waals surface area contributed by atoms with Gasteiger partial charge in [0.15, 0.2) is 0 Å².